The quantitative estimate of drug-likeness (QED) is 0.879. The van der Waals surface area contributed by atoms with E-state index in [-0.39, 0.29) is 0 Å². The average molecular weight is 261 g/mol. The van der Waals surface area contributed by atoms with E-state index in [1.54, 1.807) is 0 Å². The molecular formula is C16H27N3. The molecule has 2 fully saturated rings. The molecule has 0 aromatic carbocycles. The molecule has 0 amide bonds. The molecule has 0 aliphatic heterocycles. The third-order valence-corrected chi connectivity index (χ3v) is 4.92. The van der Waals surface area contributed by atoms with Gasteiger partial charge >= 0.3 is 0 Å². The van der Waals surface area contributed by atoms with Crippen LogP contribution in [0.5, 0.6) is 0 Å². The third-order valence-electron chi connectivity index (χ3n) is 4.92. The number of anilines is 1. The van der Waals surface area contributed by atoms with E-state index in [4.69, 9.17) is 4.98 Å². The van der Waals surface area contributed by atoms with Crippen LogP contribution in [-0.2, 0) is 0 Å². The molecule has 106 valence electrons. The molecule has 1 heterocycles. The van der Waals surface area contributed by atoms with Gasteiger partial charge in [-0.25, -0.2) is 4.98 Å². The predicted octanol–water partition coefficient (Wildman–Crippen LogP) is 4.30. The van der Waals surface area contributed by atoms with Crippen LogP contribution in [0.15, 0.2) is 6.20 Å². The van der Waals surface area contributed by atoms with Crippen LogP contribution in [-0.4, -0.2) is 15.6 Å². The van der Waals surface area contributed by atoms with Crippen molar-refractivity contribution in [1.82, 2.24) is 9.55 Å². The van der Waals surface area contributed by atoms with Crippen molar-refractivity contribution in [2.24, 2.45) is 5.92 Å². The summed E-state index contributed by atoms with van der Waals surface area (Å²) in [4.78, 5) is 4.72. The minimum Gasteiger partial charge on any atom is -0.353 e. The Morgan fingerprint density at radius 3 is 2.47 bits per heavy atom. The van der Waals surface area contributed by atoms with E-state index < -0.39 is 0 Å². The van der Waals surface area contributed by atoms with Crippen LogP contribution in [0.3, 0.4) is 0 Å². The van der Waals surface area contributed by atoms with E-state index >= 15 is 0 Å². The number of hydrogen-bond donors (Lipinski definition) is 1. The van der Waals surface area contributed by atoms with Gasteiger partial charge in [0.25, 0.3) is 0 Å². The summed E-state index contributed by atoms with van der Waals surface area (Å²) in [6.07, 6.45) is 13.0. The van der Waals surface area contributed by atoms with E-state index in [2.05, 4.69) is 29.9 Å². The molecule has 3 heteroatoms. The first kappa shape index (κ1) is 13.0. The lowest BCUT2D eigenvalue weighted by atomic mass is 9.87. The average Bonchev–Trinajstić information content (AvgIpc) is 3.01. The number of rotatable bonds is 3. The molecule has 0 atom stereocenters. The van der Waals surface area contributed by atoms with Gasteiger partial charge in [-0.05, 0) is 51.4 Å². The van der Waals surface area contributed by atoms with E-state index in [0.29, 0.717) is 12.1 Å². The summed E-state index contributed by atoms with van der Waals surface area (Å²) in [6, 6.07) is 1.32. The zero-order chi connectivity index (χ0) is 13.2. The van der Waals surface area contributed by atoms with Crippen LogP contribution in [0.25, 0.3) is 0 Å². The number of imidazole rings is 1. The second-order valence-electron chi connectivity index (χ2n) is 6.65. The summed E-state index contributed by atoms with van der Waals surface area (Å²) in [5.41, 5.74) is 1.15. The van der Waals surface area contributed by atoms with Gasteiger partial charge in [0.15, 0.2) is 0 Å². The summed E-state index contributed by atoms with van der Waals surface area (Å²) >= 11 is 0. The minimum absolute atomic E-state index is 0.637. The van der Waals surface area contributed by atoms with Crippen LogP contribution >= 0.6 is 0 Å². The second-order valence-corrected chi connectivity index (χ2v) is 6.65. The lowest BCUT2D eigenvalue weighted by Gasteiger charge is -2.28. The first-order chi connectivity index (χ1) is 9.22. The molecule has 0 bridgehead atoms. The molecule has 0 spiro atoms. The first-order valence-electron chi connectivity index (χ1n) is 8.04. The molecule has 19 heavy (non-hydrogen) atoms. The number of nitrogens with one attached hydrogen (secondary N) is 1. The molecule has 1 aromatic rings. The van der Waals surface area contributed by atoms with Crippen molar-refractivity contribution < 1.29 is 0 Å². The minimum atomic E-state index is 0.637. The summed E-state index contributed by atoms with van der Waals surface area (Å²) in [6.45, 7) is 4.49. The Kier molecular flexibility index (Phi) is 3.81. The Bertz CT molecular complexity index is 410. The number of aryl methyl sites for hydroxylation is 1. The Hall–Kier alpha value is -0.990. The number of hydrogen-bond acceptors (Lipinski definition) is 2. The fraction of sp³-hybridized carbons (Fsp3) is 0.812. The zero-order valence-corrected chi connectivity index (χ0v) is 12.4. The standard InChI is InChI=1S/C16H27N3/c1-12-7-9-14(10-8-12)18-16-17-13(2)11-19(16)15-5-3-4-6-15/h11-12,14-15H,3-10H2,1-2H3,(H,17,18). The Balaban J connectivity index is 1.69. The summed E-state index contributed by atoms with van der Waals surface area (Å²) in [5.74, 6) is 2.04. The number of nitrogens with zero attached hydrogens (tertiary/aromatic N) is 2. The smallest absolute Gasteiger partial charge is 0.203 e. The molecule has 1 aromatic heterocycles. The van der Waals surface area contributed by atoms with Gasteiger partial charge in [-0.3, -0.25) is 0 Å². The summed E-state index contributed by atoms with van der Waals surface area (Å²) in [5, 5.41) is 3.72. The van der Waals surface area contributed by atoms with Crippen LogP contribution in [0.4, 0.5) is 5.95 Å². The van der Waals surface area contributed by atoms with Crippen molar-refractivity contribution in [2.75, 3.05) is 5.32 Å². The van der Waals surface area contributed by atoms with E-state index in [1.165, 1.54) is 51.4 Å². The van der Waals surface area contributed by atoms with Gasteiger partial charge in [0.2, 0.25) is 5.95 Å². The van der Waals surface area contributed by atoms with Crippen molar-refractivity contribution in [1.29, 1.82) is 0 Å². The Labute approximate surface area is 116 Å². The fourth-order valence-electron chi connectivity index (χ4n) is 3.67. The molecule has 2 saturated carbocycles. The zero-order valence-electron chi connectivity index (χ0n) is 12.4. The Morgan fingerprint density at radius 1 is 1.11 bits per heavy atom. The molecule has 1 N–H and O–H groups in total. The maximum Gasteiger partial charge on any atom is 0.203 e. The van der Waals surface area contributed by atoms with Crippen molar-refractivity contribution in [3.8, 4) is 0 Å². The van der Waals surface area contributed by atoms with Gasteiger partial charge in [-0.1, -0.05) is 19.8 Å². The maximum atomic E-state index is 4.72. The van der Waals surface area contributed by atoms with Gasteiger partial charge in [0.1, 0.15) is 0 Å². The second kappa shape index (κ2) is 5.56. The van der Waals surface area contributed by atoms with Crippen LogP contribution in [0, 0.1) is 12.8 Å². The highest BCUT2D eigenvalue weighted by Crippen LogP contribution is 2.33. The lowest BCUT2D eigenvalue weighted by Crippen LogP contribution is -2.27. The highest BCUT2D eigenvalue weighted by atomic mass is 15.2. The van der Waals surface area contributed by atoms with Crippen molar-refractivity contribution >= 4 is 5.95 Å². The summed E-state index contributed by atoms with van der Waals surface area (Å²) in [7, 11) is 0. The largest absolute Gasteiger partial charge is 0.353 e. The molecule has 2 aliphatic rings. The van der Waals surface area contributed by atoms with E-state index in [9.17, 15) is 0 Å². The molecule has 0 unspecified atom stereocenters. The SMILES string of the molecule is Cc1cn(C2CCCC2)c(NC2CCC(C)CC2)n1. The van der Waals surface area contributed by atoms with Crippen LogP contribution in [0.2, 0.25) is 0 Å². The van der Waals surface area contributed by atoms with Crippen LogP contribution < -0.4 is 5.32 Å². The molecule has 0 radical (unpaired) electrons. The van der Waals surface area contributed by atoms with Crippen molar-refractivity contribution in [3.63, 3.8) is 0 Å². The molecular weight excluding hydrogens is 234 g/mol. The summed E-state index contributed by atoms with van der Waals surface area (Å²) < 4.78 is 2.42. The molecule has 0 saturated heterocycles. The first-order valence-corrected chi connectivity index (χ1v) is 8.04. The fourth-order valence-corrected chi connectivity index (χ4v) is 3.67. The molecule has 3 nitrogen and oxygen atoms in total. The molecule has 2 aliphatic carbocycles. The molecule has 3 rings (SSSR count). The van der Waals surface area contributed by atoms with Gasteiger partial charge in [0, 0.05) is 18.3 Å². The van der Waals surface area contributed by atoms with Gasteiger partial charge in [-0.15, -0.1) is 0 Å². The highest BCUT2D eigenvalue weighted by Gasteiger charge is 2.23. The lowest BCUT2D eigenvalue weighted by molar-refractivity contribution is 0.358. The predicted molar refractivity (Wildman–Crippen MR) is 79.5 cm³/mol. The van der Waals surface area contributed by atoms with E-state index in [0.717, 1.165) is 17.6 Å². The van der Waals surface area contributed by atoms with Gasteiger partial charge in [0.05, 0.1) is 5.69 Å². The number of aromatic nitrogens is 2. The van der Waals surface area contributed by atoms with Crippen molar-refractivity contribution in [2.45, 2.75) is 77.3 Å². The van der Waals surface area contributed by atoms with Gasteiger partial charge in [-0.2, -0.15) is 0 Å². The topological polar surface area (TPSA) is 29.9 Å². The monoisotopic (exact) mass is 261 g/mol. The Morgan fingerprint density at radius 2 is 1.79 bits per heavy atom. The van der Waals surface area contributed by atoms with E-state index in [1.807, 2.05) is 0 Å². The third kappa shape index (κ3) is 2.96. The van der Waals surface area contributed by atoms with Crippen molar-refractivity contribution in [3.05, 3.63) is 11.9 Å². The highest BCUT2D eigenvalue weighted by molar-refractivity contribution is 5.31. The van der Waals surface area contributed by atoms with Crippen LogP contribution in [0.1, 0.15) is 70.0 Å². The normalized spacial score (nSPS) is 28.7. The maximum absolute atomic E-state index is 4.72. The van der Waals surface area contributed by atoms with Gasteiger partial charge < -0.3 is 9.88 Å².